The highest BCUT2D eigenvalue weighted by Gasteiger charge is 2.32. The number of nitrogens with zero attached hydrogens (tertiary/aromatic N) is 2. The summed E-state index contributed by atoms with van der Waals surface area (Å²) < 4.78 is 6.52. The number of aromatic carboxylic acids is 1. The van der Waals surface area contributed by atoms with Crippen LogP contribution in [0, 0.1) is 5.92 Å². The van der Waals surface area contributed by atoms with Gasteiger partial charge in [0.1, 0.15) is 11.6 Å². The first kappa shape index (κ1) is 15.1. The molecule has 2 heterocycles. The van der Waals surface area contributed by atoms with Crippen molar-refractivity contribution < 1.29 is 24.5 Å². The standard InChI is InChI=1S/C16H16N2O5/c1-23-16(22)9-6-7-18-11(8-9)13(15(20)21)17-14(18)10-4-2-3-5-12(10)19/h2-5,9,19H,6-8H2,1H3,(H,20,21). The smallest absolute Gasteiger partial charge is 0.356 e. The maximum atomic E-state index is 11.7. The lowest BCUT2D eigenvalue weighted by atomic mass is 9.95. The van der Waals surface area contributed by atoms with Crippen molar-refractivity contribution in [1.29, 1.82) is 0 Å². The van der Waals surface area contributed by atoms with Crippen LogP contribution < -0.4 is 0 Å². The maximum Gasteiger partial charge on any atom is 0.356 e. The van der Waals surface area contributed by atoms with Gasteiger partial charge in [-0.3, -0.25) is 4.79 Å². The number of phenolic OH excluding ortho intramolecular Hbond substituents is 1. The number of aromatic nitrogens is 2. The summed E-state index contributed by atoms with van der Waals surface area (Å²) in [6.07, 6.45) is 0.796. The van der Waals surface area contributed by atoms with E-state index < -0.39 is 5.97 Å². The number of carbonyl (C=O) groups excluding carboxylic acids is 1. The molecule has 7 nitrogen and oxygen atoms in total. The fourth-order valence-corrected chi connectivity index (χ4v) is 2.96. The molecular weight excluding hydrogens is 300 g/mol. The molecule has 0 aliphatic carbocycles. The molecule has 1 aliphatic rings. The van der Waals surface area contributed by atoms with Crippen molar-refractivity contribution in [3.05, 3.63) is 35.7 Å². The molecule has 7 heteroatoms. The van der Waals surface area contributed by atoms with Crippen LogP contribution in [0.15, 0.2) is 24.3 Å². The predicted octanol–water partition coefficient (Wildman–Crippen LogP) is 1.69. The molecule has 0 saturated carbocycles. The number of carboxylic acids is 1. The van der Waals surface area contributed by atoms with Crippen molar-refractivity contribution in [2.24, 2.45) is 5.92 Å². The van der Waals surface area contributed by atoms with Crippen molar-refractivity contribution in [3.8, 4) is 17.1 Å². The number of benzene rings is 1. The lowest BCUT2D eigenvalue weighted by molar-refractivity contribution is -0.146. The topological polar surface area (TPSA) is 102 Å². The van der Waals surface area contributed by atoms with Gasteiger partial charge in [0.2, 0.25) is 0 Å². The van der Waals surface area contributed by atoms with Gasteiger partial charge in [0.05, 0.1) is 24.3 Å². The summed E-state index contributed by atoms with van der Waals surface area (Å²) in [6, 6.07) is 6.64. The van der Waals surface area contributed by atoms with E-state index in [1.807, 2.05) is 0 Å². The summed E-state index contributed by atoms with van der Waals surface area (Å²) in [4.78, 5) is 27.4. The molecule has 2 N–H and O–H groups in total. The van der Waals surface area contributed by atoms with Crippen molar-refractivity contribution in [3.63, 3.8) is 0 Å². The minimum atomic E-state index is -1.15. The number of rotatable bonds is 3. The Hall–Kier alpha value is -2.83. The first-order valence-electron chi connectivity index (χ1n) is 7.21. The third-order valence-corrected chi connectivity index (χ3v) is 4.10. The lowest BCUT2D eigenvalue weighted by Crippen LogP contribution is -2.27. The number of carbonyl (C=O) groups is 2. The van der Waals surface area contributed by atoms with Crippen LogP contribution >= 0.6 is 0 Å². The lowest BCUT2D eigenvalue weighted by Gasteiger charge is -2.23. The molecule has 0 radical (unpaired) electrons. The normalized spacial score (nSPS) is 16.7. The molecular formula is C16H16N2O5. The Morgan fingerprint density at radius 3 is 2.74 bits per heavy atom. The molecule has 0 amide bonds. The minimum Gasteiger partial charge on any atom is -0.507 e. The van der Waals surface area contributed by atoms with E-state index >= 15 is 0 Å². The molecule has 0 saturated heterocycles. The average Bonchev–Trinajstić information content (AvgIpc) is 2.93. The van der Waals surface area contributed by atoms with Crippen LogP contribution in [0.25, 0.3) is 11.4 Å². The molecule has 0 spiro atoms. The van der Waals surface area contributed by atoms with E-state index in [1.54, 1.807) is 22.8 Å². The largest absolute Gasteiger partial charge is 0.507 e. The number of phenols is 1. The second-order valence-electron chi connectivity index (χ2n) is 5.42. The minimum absolute atomic E-state index is 0.0346. The SMILES string of the molecule is COC(=O)C1CCn2c(-c3ccccc3O)nc(C(=O)O)c2C1. The number of hydrogen-bond donors (Lipinski definition) is 2. The number of methoxy groups -OCH3 is 1. The van der Waals surface area contributed by atoms with Gasteiger partial charge in [0.15, 0.2) is 5.69 Å². The third-order valence-electron chi connectivity index (χ3n) is 4.10. The quantitative estimate of drug-likeness (QED) is 0.836. The van der Waals surface area contributed by atoms with Crippen molar-refractivity contribution in [1.82, 2.24) is 9.55 Å². The number of para-hydroxylation sites is 1. The third kappa shape index (κ3) is 2.54. The zero-order valence-electron chi connectivity index (χ0n) is 12.5. The van der Waals surface area contributed by atoms with Gasteiger partial charge in [-0.2, -0.15) is 0 Å². The van der Waals surface area contributed by atoms with E-state index in [0.717, 1.165) is 0 Å². The molecule has 1 unspecified atom stereocenters. The fraction of sp³-hybridized carbons (Fsp3) is 0.312. The summed E-state index contributed by atoms with van der Waals surface area (Å²) in [5.74, 6) is -1.44. The van der Waals surface area contributed by atoms with Crippen LogP contribution in [-0.4, -0.2) is 38.8 Å². The Labute approximate surface area is 132 Å². The number of hydrogen-bond acceptors (Lipinski definition) is 5. The zero-order chi connectivity index (χ0) is 16.6. The average molecular weight is 316 g/mol. The molecule has 120 valence electrons. The van der Waals surface area contributed by atoms with Crippen LogP contribution in [0.1, 0.15) is 22.6 Å². The van der Waals surface area contributed by atoms with Gasteiger partial charge < -0.3 is 19.5 Å². The van der Waals surface area contributed by atoms with E-state index in [-0.39, 0.29) is 29.8 Å². The summed E-state index contributed by atoms with van der Waals surface area (Å²) in [5.41, 5.74) is 0.868. The van der Waals surface area contributed by atoms with E-state index in [2.05, 4.69) is 4.98 Å². The summed E-state index contributed by atoms with van der Waals surface area (Å²) >= 11 is 0. The van der Waals surface area contributed by atoms with Gasteiger partial charge in [-0.1, -0.05) is 12.1 Å². The number of imidazole rings is 1. The van der Waals surface area contributed by atoms with Gasteiger partial charge >= 0.3 is 11.9 Å². The highest BCUT2D eigenvalue weighted by Crippen LogP contribution is 2.34. The van der Waals surface area contributed by atoms with Crippen molar-refractivity contribution in [2.45, 2.75) is 19.4 Å². The Bertz CT molecular complexity index is 781. The highest BCUT2D eigenvalue weighted by molar-refractivity contribution is 5.88. The first-order chi connectivity index (χ1) is 11.0. The monoisotopic (exact) mass is 316 g/mol. The summed E-state index contributed by atoms with van der Waals surface area (Å²) in [7, 11) is 1.32. The first-order valence-corrected chi connectivity index (χ1v) is 7.21. The molecule has 2 aromatic rings. The molecule has 0 fully saturated rings. The van der Waals surface area contributed by atoms with Gasteiger partial charge in [-0.05, 0) is 18.6 Å². The molecule has 0 bridgehead atoms. The fourth-order valence-electron chi connectivity index (χ4n) is 2.96. The molecule has 1 aromatic carbocycles. The van der Waals surface area contributed by atoms with E-state index in [1.165, 1.54) is 13.2 Å². The second-order valence-corrected chi connectivity index (χ2v) is 5.42. The van der Waals surface area contributed by atoms with Crippen LogP contribution in [-0.2, 0) is 22.5 Å². The number of aromatic hydroxyl groups is 1. The van der Waals surface area contributed by atoms with Crippen LogP contribution in [0.4, 0.5) is 0 Å². The van der Waals surface area contributed by atoms with Crippen LogP contribution in [0.2, 0.25) is 0 Å². The number of carboxylic acid groups (broad SMARTS) is 1. The van der Waals surface area contributed by atoms with E-state index in [4.69, 9.17) is 4.74 Å². The van der Waals surface area contributed by atoms with E-state index in [0.29, 0.717) is 30.0 Å². The van der Waals surface area contributed by atoms with Crippen LogP contribution in [0.5, 0.6) is 5.75 Å². The molecule has 1 aromatic heterocycles. The van der Waals surface area contributed by atoms with Gasteiger partial charge in [-0.25, -0.2) is 9.78 Å². The molecule has 23 heavy (non-hydrogen) atoms. The predicted molar refractivity (Wildman–Crippen MR) is 80.1 cm³/mol. The van der Waals surface area contributed by atoms with Crippen LogP contribution in [0.3, 0.4) is 0 Å². The number of fused-ring (bicyclic) bond motifs is 1. The summed E-state index contributed by atoms with van der Waals surface area (Å²) in [5, 5.41) is 19.4. The second kappa shape index (κ2) is 5.75. The Balaban J connectivity index is 2.11. The van der Waals surface area contributed by atoms with Crippen molar-refractivity contribution >= 4 is 11.9 Å². The number of esters is 1. The maximum absolute atomic E-state index is 11.7. The van der Waals surface area contributed by atoms with E-state index in [9.17, 15) is 19.8 Å². The number of ether oxygens (including phenoxy) is 1. The Morgan fingerprint density at radius 2 is 2.09 bits per heavy atom. The van der Waals surface area contributed by atoms with Gasteiger partial charge in [0.25, 0.3) is 0 Å². The molecule has 3 rings (SSSR count). The highest BCUT2D eigenvalue weighted by atomic mass is 16.5. The Morgan fingerprint density at radius 1 is 1.35 bits per heavy atom. The van der Waals surface area contributed by atoms with Gasteiger partial charge in [-0.15, -0.1) is 0 Å². The molecule has 1 atom stereocenters. The Kier molecular flexibility index (Phi) is 3.77. The van der Waals surface area contributed by atoms with Gasteiger partial charge in [0, 0.05) is 13.0 Å². The van der Waals surface area contributed by atoms with Crippen molar-refractivity contribution in [2.75, 3.05) is 7.11 Å². The zero-order valence-corrected chi connectivity index (χ0v) is 12.5. The summed E-state index contributed by atoms with van der Waals surface area (Å²) in [6.45, 7) is 0.443. The molecule has 1 aliphatic heterocycles.